The van der Waals surface area contributed by atoms with Crippen LogP contribution in [0.4, 0.5) is 11.4 Å². The van der Waals surface area contributed by atoms with Crippen molar-refractivity contribution in [3.8, 4) is 0 Å². The molecular weight excluding hydrogens is 430 g/mol. The summed E-state index contributed by atoms with van der Waals surface area (Å²) < 4.78 is 54.9. The van der Waals surface area contributed by atoms with Crippen LogP contribution in [0.5, 0.6) is 0 Å². The predicted molar refractivity (Wildman–Crippen MR) is 112 cm³/mol. The van der Waals surface area contributed by atoms with Crippen LogP contribution in [0.15, 0.2) is 58.3 Å². The van der Waals surface area contributed by atoms with E-state index in [1.54, 1.807) is 0 Å². The van der Waals surface area contributed by atoms with Crippen molar-refractivity contribution in [2.24, 2.45) is 0 Å². The van der Waals surface area contributed by atoms with Gasteiger partial charge in [0, 0.05) is 29.9 Å². The molecule has 2 unspecified atom stereocenters. The van der Waals surface area contributed by atoms with Gasteiger partial charge in [-0.3, -0.25) is 14.8 Å². The summed E-state index contributed by atoms with van der Waals surface area (Å²) in [4.78, 5) is 10.1. The molecule has 162 valence electrons. The number of nitrogens with one attached hydrogen (secondary N) is 1. The number of non-ortho nitro benzene ring substituents is 1. The van der Waals surface area contributed by atoms with Gasteiger partial charge in [-0.1, -0.05) is 6.42 Å². The number of anilines is 1. The molecule has 3 rings (SSSR count). The van der Waals surface area contributed by atoms with Crippen molar-refractivity contribution in [2.45, 2.75) is 55.0 Å². The van der Waals surface area contributed by atoms with Crippen LogP contribution < -0.4 is 4.72 Å². The fourth-order valence-corrected chi connectivity index (χ4v) is 6.59. The minimum absolute atomic E-state index is 0.0981. The van der Waals surface area contributed by atoms with Crippen molar-refractivity contribution in [2.75, 3.05) is 4.72 Å². The molecule has 1 fully saturated rings. The summed E-state index contributed by atoms with van der Waals surface area (Å²) in [5.74, 6) is 0. The van der Waals surface area contributed by atoms with E-state index in [-0.39, 0.29) is 33.2 Å². The molecule has 1 aliphatic rings. The number of benzene rings is 2. The maximum Gasteiger partial charge on any atom is 0.269 e. The quantitative estimate of drug-likeness (QED) is 0.528. The Kier molecular flexibility index (Phi) is 6.16. The zero-order chi connectivity index (χ0) is 22.1. The molecule has 2 aromatic rings. The summed E-state index contributed by atoms with van der Waals surface area (Å²) in [6, 6.07) is 9.80. The lowest BCUT2D eigenvalue weighted by Crippen LogP contribution is -2.47. The molecule has 11 heteroatoms. The molecule has 2 aromatic carbocycles. The smallest absolute Gasteiger partial charge is 0.269 e. The number of hydrogen-bond donors (Lipinski definition) is 1. The first-order chi connectivity index (χ1) is 14.0. The number of sulfonamides is 2. The maximum atomic E-state index is 13.0. The second-order valence-electron chi connectivity index (χ2n) is 7.34. The Morgan fingerprint density at radius 3 is 1.90 bits per heavy atom. The summed E-state index contributed by atoms with van der Waals surface area (Å²) in [7, 11) is -7.67. The number of piperidine rings is 1. The van der Waals surface area contributed by atoms with E-state index < -0.39 is 25.0 Å². The van der Waals surface area contributed by atoms with Gasteiger partial charge in [0.15, 0.2) is 0 Å². The molecule has 0 aromatic heterocycles. The van der Waals surface area contributed by atoms with E-state index >= 15 is 0 Å². The normalized spacial score (nSPS) is 20.6. The largest absolute Gasteiger partial charge is 0.280 e. The van der Waals surface area contributed by atoms with E-state index in [2.05, 4.69) is 4.72 Å². The van der Waals surface area contributed by atoms with Gasteiger partial charge in [0.1, 0.15) is 0 Å². The molecule has 9 nitrogen and oxygen atoms in total. The van der Waals surface area contributed by atoms with Gasteiger partial charge in [-0.05, 0) is 63.1 Å². The van der Waals surface area contributed by atoms with Gasteiger partial charge in [-0.2, -0.15) is 4.31 Å². The van der Waals surface area contributed by atoms with E-state index in [1.807, 2.05) is 13.8 Å². The molecule has 1 N–H and O–H groups in total. The summed E-state index contributed by atoms with van der Waals surface area (Å²) in [6.07, 6.45) is 2.59. The summed E-state index contributed by atoms with van der Waals surface area (Å²) in [5, 5.41) is 10.7. The van der Waals surface area contributed by atoms with Gasteiger partial charge < -0.3 is 0 Å². The van der Waals surface area contributed by atoms with E-state index in [9.17, 15) is 26.9 Å². The molecule has 1 aliphatic heterocycles. The second-order valence-corrected chi connectivity index (χ2v) is 10.9. The molecular formula is C19H23N3O6S2. The van der Waals surface area contributed by atoms with Crippen molar-refractivity contribution in [1.29, 1.82) is 0 Å². The highest BCUT2D eigenvalue weighted by Gasteiger charge is 2.35. The number of nitro benzene ring substituents is 1. The van der Waals surface area contributed by atoms with Gasteiger partial charge in [-0.15, -0.1) is 0 Å². The lowest BCUT2D eigenvalue weighted by Gasteiger charge is -2.37. The van der Waals surface area contributed by atoms with Crippen molar-refractivity contribution in [1.82, 2.24) is 4.31 Å². The fourth-order valence-electron chi connectivity index (χ4n) is 3.65. The molecule has 30 heavy (non-hydrogen) atoms. The van der Waals surface area contributed by atoms with Crippen molar-refractivity contribution < 1.29 is 21.8 Å². The highest BCUT2D eigenvalue weighted by Crippen LogP contribution is 2.30. The van der Waals surface area contributed by atoms with Crippen molar-refractivity contribution in [3.63, 3.8) is 0 Å². The minimum Gasteiger partial charge on any atom is -0.280 e. The average molecular weight is 454 g/mol. The Bertz CT molecular complexity index is 1120. The van der Waals surface area contributed by atoms with Crippen LogP contribution in [-0.4, -0.2) is 38.1 Å². The molecule has 0 saturated carbocycles. The zero-order valence-corrected chi connectivity index (χ0v) is 18.2. The first-order valence-corrected chi connectivity index (χ1v) is 12.4. The number of nitrogens with zero attached hydrogens (tertiary/aromatic N) is 2. The van der Waals surface area contributed by atoms with Crippen LogP contribution in [0.2, 0.25) is 0 Å². The van der Waals surface area contributed by atoms with Crippen LogP contribution >= 0.6 is 0 Å². The van der Waals surface area contributed by atoms with Crippen LogP contribution in [0, 0.1) is 10.1 Å². The summed E-state index contributed by atoms with van der Waals surface area (Å²) in [6.45, 7) is 3.78. The van der Waals surface area contributed by atoms with E-state index in [0.29, 0.717) is 0 Å². The molecule has 1 saturated heterocycles. The molecule has 0 aliphatic carbocycles. The van der Waals surface area contributed by atoms with Crippen LogP contribution in [0.1, 0.15) is 33.1 Å². The monoisotopic (exact) mass is 453 g/mol. The van der Waals surface area contributed by atoms with Crippen LogP contribution in [0.3, 0.4) is 0 Å². The van der Waals surface area contributed by atoms with E-state index in [4.69, 9.17) is 0 Å². The fraction of sp³-hybridized carbons (Fsp3) is 0.368. The molecule has 0 radical (unpaired) electrons. The van der Waals surface area contributed by atoms with E-state index in [1.165, 1.54) is 28.6 Å². The first kappa shape index (κ1) is 22.2. The average Bonchev–Trinajstić information content (AvgIpc) is 2.68. The van der Waals surface area contributed by atoms with Gasteiger partial charge in [0.2, 0.25) is 10.0 Å². The highest BCUT2D eigenvalue weighted by molar-refractivity contribution is 7.92. The van der Waals surface area contributed by atoms with Gasteiger partial charge in [0.05, 0.1) is 14.7 Å². The standard InChI is InChI=1S/C19H23N3O6S2/c1-14-4-3-5-15(2)21(14)30(27,28)19-10-6-16(7-11-19)20-29(25,26)18-12-8-17(9-13-18)22(23)24/h6-15,20H,3-5H2,1-2H3. The first-order valence-electron chi connectivity index (χ1n) is 9.43. The summed E-state index contributed by atoms with van der Waals surface area (Å²) in [5.41, 5.74) is -0.0308. The number of hydrogen-bond acceptors (Lipinski definition) is 6. The van der Waals surface area contributed by atoms with Gasteiger partial charge in [-0.25, -0.2) is 16.8 Å². The SMILES string of the molecule is CC1CCCC(C)N1S(=O)(=O)c1ccc(NS(=O)(=O)c2ccc([N+](=O)[O-])cc2)cc1. The lowest BCUT2D eigenvalue weighted by atomic mass is 10.0. The molecule has 0 amide bonds. The van der Waals surface area contributed by atoms with Crippen molar-refractivity contribution in [3.05, 3.63) is 58.6 Å². The Morgan fingerprint density at radius 1 is 0.900 bits per heavy atom. The van der Waals surface area contributed by atoms with Gasteiger partial charge in [0.25, 0.3) is 15.7 Å². The third-order valence-corrected chi connectivity index (χ3v) is 8.69. The van der Waals surface area contributed by atoms with E-state index in [0.717, 1.165) is 43.5 Å². The zero-order valence-electron chi connectivity index (χ0n) is 16.6. The molecule has 1 heterocycles. The third-order valence-electron chi connectivity index (χ3n) is 5.15. The Hall–Kier alpha value is -2.50. The van der Waals surface area contributed by atoms with Gasteiger partial charge >= 0.3 is 0 Å². The lowest BCUT2D eigenvalue weighted by molar-refractivity contribution is -0.384. The minimum atomic E-state index is -3.97. The third kappa shape index (κ3) is 4.47. The molecule has 0 spiro atoms. The van der Waals surface area contributed by atoms with Crippen molar-refractivity contribution >= 4 is 31.4 Å². The van der Waals surface area contributed by atoms with Crippen LogP contribution in [-0.2, 0) is 20.0 Å². The van der Waals surface area contributed by atoms with Crippen LogP contribution in [0.25, 0.3) is 0 Å². The predicted octanol–water partition coefficient (Wildman–Crippen LogP) is 3.35. The second kappa shape index (κ2) is 8.32. The Morgan fingerprint density at radius 2 is 1.40 bits per heavy atom. The highest BCUT2D eigenvalue weighted by atomic mass is 32.2. The Balaban J connectivity index is 1.80. The number of nitro groups is 1. The number of rotatable bonds is 6. The topological polar surface area (TPSA) is 127 Å². The summed E-state index contributed by atoms with van der Waals surface area (Å²) >= 11 is 0. The molecule has 2 atom stereocenters. The molecule has 0 bridgehead atoms. The Labute approximate surface area is 176 Å². The maximum absolute atomic E-state index is 13.0.